The van der Waals surface area contributed by atoms with E-state index in [1.54, 1.807) is 42.1 Å². The normalized spacial score (nSPS) is 24.8. The summed E-state index contributed by atoms with van der Waals surface area (Å²) < 4.78 is 23.7. The molecule has 2 aromatic carbocycles. The van der Waals surface area contributed by atoms with Gasteiger partial charge in [-0.05, 0) is 158 Å². The van der Waals surface area contributed by atoms with Gasteiger partial charge in [-0.3, -0.25) is 19.1 Å². The molecule has 1 aromatic heterocycles. The van der Waals surface area contributed by atoms with Gasteiger partial charge in [-0.2, -0.15) is 0 Å². The topological polar surface area (TPSA) is 204 Å². The Bertz CT molecular complexity index is 2580. The number of unbranched alkanes of at least 4 members (excludes halogenated alkanes) is 1. The smallest absolute Gasteiger partial charge is 0.246 e. The number of carbonyl (C=O) groups is 3. The summed E-state index contributed by atoms with van der Waals surface area (Å²) >= 11 is 0. The van der Waals surface area contributed by atoms with E-state index in [1.807, 2.05) is 0 Å². The average molecular weight is 1050 g/mol. The number of hydrogen-bond acceptors (Lipinski definition) is 12. The third kappa shape index (κ3) is 14.8. The number of fused-ring (bicyclic) bond motifs is 5. The number of amides is 2. The number of aromatic nitrogens is 3. The minimum absolute atomic E-state index is 0.0250. The number of ketones is 1. The van der Waals surface area contributed by atoms with Gasteiger partial charge in [-0.15, -0.1) is 5.10 Å². The second kappa shape index (κ2) is 26.9. The van der Waals surface area contributed by atoms with Gasteiger partial charge in [-0.25, -0.2) is 0 Å². The number of phenolic OH excluding ortho intramolecular Hbond substituents is 2. The van der Waals surface area contributed by atoms with Gasteiger partial charge in [0.2, 0.25) is 11.8 Å². The number of hydrogen-bond donors (Lipinski definition) is 5. The first-order chi connectivity index (χ1) is 36.5. The van der Waals surface area contributed by atoms with Crippen LogP contribution in [-0.4, -0.2) is 101 Å². The Labute approximate surface area is 450 Å². The van der Waals surface area contributed by atoms with E-state index in [1.165, 1.54) is 107 Å². The van der Waals surface area contributed by atoms with E-state index in [0.29, 0.717) is 40.8 Å². The van der Waals surface area contributed by atoms with Crippen molar-refractivity contribution in [3.8, 4) is 23.0 Å². The molecule has 0 radical (unpaired) electrons. The van der Waals surface area contributed by atoms with Gasteiger partial charge in [0.25, 0.3) is 0 Å². The highest BCUT2D eigenvalue weighted by atomic mass is 16.5. The van der Waals surface area contributed by atoms with Crippen LogP contribution in [0.15, 0.2) is 77.7 Å². The van der Waals surface area contributed by atoms with Crippen LogP contribution in [0, 0.1) is 46.3 Å². The number of phenols is 2. The van der Waals surface area contributed by atoms with Crippen LogP contribution in [-0.2, 0) is 36.8 Å². The number of nitrogens with one attached hydrogen (secondary N) is 2. The Balaban J connectivity index is 0.780. The van der Waals surface area contributed by atoms with Crippen LogP contribution in [0.1, 0.15) is 135 Å². The van der Waals surface area contributed by atoms with Crippen molar-refractivity contribution in [3.05, 3.63) is 94.5 Å². The van der Waals surface area contributed by atoms with Crippen molar-refractivity contribution in [2.45, 2.75) is 137 Å². The van der Waals surface area contributed by atoms with Crippen molar-refractivity contribution < 1.29 is 48.7 Å². The van der Waals surface area contributed by atoms with Gasteiger partial charge in [0, 0.05) is 37.9 Å². The van der Waals surface area contributed by atoms with Gasteiger partial charge in [0.1, 0.15) is 19.0 Å². The summed E-state index contributed by atoms with van der Waals surface area (Å²) in [5.74, 6) is 3.93. The maximum absolute atomic E-state index is 13.6. The lowest BCUT2D eigenvalue weighted by molar-refractivity contribution is -0.131. The zero-order valence-electron chi connectivity index (χ0n) is 46.2. The summed E-state index contributed by atoms with van der Waals surface area (Å²) in [6, 6.07) is 9.30. The Morgan fingerprint density at radius 1 is 0.829 bits per heavy atom. The van der Waals surface area contributed by atoms with Crippen LogP contribution in [0.5, 0.6) is 23.0 Å². The van der Waals surface area contributed by atoms with Crippen molar-refractivity contribution in [1.82, 2.24) is 25.6 Å². The van der Waals surface area contributed by atoms with E-state index in [4.69, 9.17) is 18.9 Å². The molecular weight excluding hydrogens is 963 g/mol. The summed E-state index contributed by atoms with van der Waals surface area (Å²) in [4.78, 5) is 38.6. The van der Waals surface area contributed by atoms with E-state index in [-0.39, 0.29) is 79.1 Å². The van der Waals surface area contributed by atoms with Crippen molar-refractivity contribution in [3.63, 3.8) is 0 Å². The standard InChI is InChI=1S/C61H85N5O10/c1-40(2)11-10-12-41(3)49-19-20-50-47-18-17-44-35-46(25-27-60(44,4)51(47)26-28-61(49,50)5)76-32-9-8-29-62-58(71)38-75-39-59(72)63-30-31-66-37-45(64-65-66)36-48(52(67)21-13-42-15-23-54(69)56(33-42)73-6)53(68)22-14-43-16-24-55(70)57(34-43)74-7/h13-17,21-24,33-34,37,40-41,46-47,49-51,67,69-70H,8-12,18-20,25-32,35-36,38-39H2,1-7H3,(H,62,71)(H,63,72)/b21-13+,22-14+,52-48-/t41-,46+,47+,49-,50+,51+,60+,61-/m1/s1. The van der Waals surface area contributed by atoms with Crippen LogP contribution in [0.4, 0.5) is 0 Å². The van der Waals surface area contributed by atoms with E-state index in [9.17, 15) is 29.7 Å². The minimum atomic E-state index is -0.505. The Morgan fingerprint density at radius 2 is 1.51 bits per heavy atom. The molecule has 4 aliphatic carbocycles. The molecule has 0 saturated heterocycles. The molecule has 0 spiro atoms. The molecule has 2 amide bonds. The quantitative estimate of drug-likeness (QED) is 0.0159. The number of aromatic hydroxyl groups is 2. The first-order valence-electron chi connectivity index (χ1n) is 27.9. The first kappa shape index (κ1) is 57.8. The highest BCUT2D eigenvalue weighted by molar-refractivity contribution is 6.07. The molecule has 3 aromatic rings. The molecule has 4 aliphatic rings. The maximum Gasteiger partial charge on any atom is 0.246 e. The number of aliphatic hydroxyl groups excluding tert-OH is 1. The fraction of sp³-hybridized carbons (Fsp3) is 0.590. The predicted molar refractivity (Wildman–Crippen MR) is 295 cm³/mol. The zero-order chi connectivity index (χ0) is 54.4. The molecule has 8 atom stereocenters. The number of carbonyl (C=O) groups excluding carboxylic acids is 3. The van der Waals surface area contributed by atoms with Crippen molar-refractivity contribution in [1.29, 1.82) is 0 Å². The molecule has 414 valence electrons. The van der Waals surface area contributed by atoms with Crippen molar-refractivity contribution in [2.75, 3.05) is 47.1 Å². The van der Waals surface area contributed by atoms with E-state index < -0.39 is 11.7 Å². The molecule has 76 heavy (non-hydrogen) atoms. The van der Waals surface area contributed by atoms with Crippen LogP contribution in [0.25, 0.3) is 12.2 Å². The lowest BCUT2D eigenvalue weighted by atomic mass is 9.47. The number of methoxy groups -OCH3 is 2. The average Bonchev–Trinajstić information content (AvgIpc) is 4.10. The molecule has 0 unspecified atom stereocenters. The second-order valence-corrected chi connectivity index (χ2v) is 22.8. The molecular formula is C61H85N5O10. The third-order valence-electron chi connectivity index (χ3n) is 17.5. The lowest BCUT2D eigenvalue weighted by Crippen LogP contribution is -2.51. The monoisotopic (exact) mass is 1050 g/mol. The summed E-state index contributed by atoms with van der Waals surface area (Å²) in [6.45, 7) is 13.7. The fourth-order valence-electron chi connectivity index (χ4n) is 13.3. The van der Waals surface area contributed by atoms with E-state index >= 15 is 0 Å². The predicted octanol–water partition coefficient (Wildman–Crippen LogP) is 10.5. The fourth-order valence-corrected chi connectivity index (χ4v) is 13.3. The molecule has 15 nitrogen and oxygen atoms in total. The third-order valence-corrected chi connectivity index (χ3v) is 17.5. The van der Waals surface area contributed by atoms with Crippen LogP contribution < -0.4 is 20.1 Å². The van der Waals surface area contributed by atoms with Crippen LogP contribution >= 0.6 is 0 Å². The van der Waals surface area contributed by atoms with Gasteiger partial charge in [0.15, 0.2) is 28.8 Å². The number of allylic oxidation sites excluding steroid dienone is 4. The molecule has 1 heterocycles. The highest BCUT2D eigenvalue weighted by Gasteiger charge is 2.59. The van der Waals surface area contributed by atoms with E-state index in [2.05, 4.69) is 61.6 Å². The molecule has 3 saturated carbocycles. The zero-order valence-corrected chi connectivity index (χ0v) is 46.2. The molecule has 5 N–H and O–H groups in total. The summed E-state index contributed by atoms with van der Waals surface area (Å²) in [5, 5.41) is 45.1. The van der Waals surface area contributed by atoms with Crippen LogP contribution in [0.2, 0.25) is 0 Å². The number of benzene rings is 2. The summed E-state index contributed by atoms with van der Waals surface area (Å²) in [6.07, 6.45) is 26.3. The van der Waals surface area contributed by atoms with Crippen LogP contribution in [0.3, 0.4) is 0 Å². The Morgan fingerprint density at radius 3 is 2.20 bits per heavy atom. The Kier molecular flexibility index (Phi) is 20.4. The van der Waals surface area contributed by atoms with Gasteiger partial charge in [-0.1, -0.05) is 95.0 Å². The number of aliphatic hydroxyl groups is 1. The Hall–Kier alpha value is -5.93. The molecule has 0 aliphatic heterocycles. The maximum atomic E-state index is 13.6. The summed E-state index contributed by atoms with van der Waals surface area (Å²) in [7, 11) is 2.85. The molecule has 0 bridgehead atoms. The SMILES string of the molecule is COc1cc(/C=C/C(=O)/C(Cc2cn(CCNC(=O)COCC(=O)NCCCCO[C@H]3CC[C@@]4(C)C(=CC[C@H]5[C@@H]6CC[C@H]([C@H](C)CCCC(C)C)[C@@]6(C)CC[C@@H]54)C3)nn2)=C(O)/C=C/c2ccc(O)c(OC)c2)ccc1O. The lowest BCUT2D eigenvalue weighted by Gasteiger charge is -2.58. The van der Waals surface area contributed by atoms with Crippen molar-refractivity contribution >= 4 is 29.7 Å². The summed E-state index contributed by atoms with van der Waals surface area (Å²) in [5.41, 5.74) is 4.07. The first-order valence-corrected chi connectivity index (χ1v) is 27.9. The minimum Gasteiger partial charge on any atom is -0.508 e. The molecule has 7 rings (SSSR count). The number of nitrogens with zero attached hydrogens (tertiary/aromatic N) is 3. The second-order valence-electron chi connectivity index (χ2n) is 22.8. The van der Waals surface area contributed by atoms with Gasteiger partial charge in [0.05, 0.1) is 32.6 Å². The molecule has 3 fully saturated rings. The molecule has 15 heteroatoms. The largest absolute Gasteiger partial charge is 0.508 e. The van der Waals surface area contributed by atoms with Gasteiger partial charge < -0.3 is 44.9 Å². The van der Waals surface area contributed by atoms with Crippen molar-refractivity contribution in [2.24, 2.45) is 46.3 Å². The van der Waals surface area contributed by atoms with Gasteiger partial charge >= 0.3 is 0 Å². The number of rotatable bonds is 27. The van der Waals surface area contributed by atoms with E-state index in [0.717, 1.165) is 61.2 Å². The highest BCUT2D eigenvalue weighted by Crippen LogP contribution is 2.67. The number of ether oxygens (including phenoxy) is 4.